The van der Waals surface area contributed by atoms with Crippen LogP contribution in [0.15, 0.2) is 84.6 Å². The fourth-order valence-electron chi connectivity index (χ4n) is 9.36. The molecule has 1 unspecified atom stereocenters. The highest BCUT2D eigenvalue weighted by Gasteiger charge is 2.65. The first kappa shape index (κ1) is 44.3. The Hall–Kier alpha value is -4.23. The maximum atomic E-state index is 14.7. The second-order valence-corrected chi connectivity index (χ2v) is 15.9. The molecule has 2 aromatic rings. The molecule has 0 spiro atoms. The van der Waals surface area contributed by atoms with E-state index in [1.165, 1.54) is 6.07 Å². The lowest BCUT2D eigenvalue weighted by molar-refractivity contribution is -0.255. The van der Waals surface area contributed by atoms with Crippen molar-refractivity contribution in [1.29, 1.82) is 0 Å². The summed E-state index contributed by atoms with van der Waals surface area (Å²) < 4.78 is 47.1. The topological polar surface area (TPSA) is 129 Å². The molecule has 2 aliphatic heterocycles. The molecule has 12 heteroatoms. The van der Waals surface area contributed by atoms with Crippen molar-refractivity contribution in [2.24, 2.45) is 22.9 Å². The molecule has 2 aliphatic carbocycles. The number of halogens is 1. The van der Waals surface area contributed by atoms with Gasteiger partial charge < -0.3 is 38.7 Å². The van der Waals surface area contributed by atoms with E-state index in [1.807, 2.05) is 25.1 Å². The Bertz CT molecular complexity index is 1760. The average molecular weight is 819 g/mol. The molecule has 7 atom stereocenters. The third-order valence-electron chi connectivity index (χ3n) is 12.0. The lowest BCUT2D eigenvalue weighted by atomic mass is 9.55. The standard InChI is InChI=1S/C47H63FN2O9/c1-4-7-27-55-46(53)50(23-5-2)42-31-40(49-59-43-20-12-15-28-54-43)37-29-33(16-10-13-24-51)36(18-11-14-25-52)44-38-30-35(56-32-34-17-8-9-19-39(34)48)21-22-41(38)58-47(42,45(37)44)57-26-6-3/h4,6,8-9,17,19,21-22,29-30,33,36,42-45,51-52H,1,3,5,7,10-16,18,20,23-28,31-32H2,2H3/t33-,36+,42-,43?,44+,45+,47+/m0/s1. The third kappa shape index (κ3) is 10.4. The number of carbonyl (C=O) groups is 1. The average Bonchev–Trinajstić information content (AvgIpc) is 3.25. The van der Waals surface area contributed by atoms with Gasteiger partial charge in [0.15, 0.2) is 0 Å². The maximum Gasteiger partial charge on any atom is 0.410 e. The van der Waals surface area contributed by atoms with Gasteiger partial charge in [-0.05, 0) is 93.0 Å². The van der Waals surface area contributed by atoms with E-state index in [0.29, 0.717) is 61.6 Å². The first-order chi connectivity index (χ1) is 28.9. The van der Waals surface area contributed by atoms with Crippen LogP contribution in [0.3, 0.4) is 0 Å². The van der Waals surface area contributed by atoms with Gasteiger partial charge in [-0.3, -0.25) is 4.90 Å². The Labute approximate surface area is 348 Å². The number of aliphatic hydroxyl groups is 2. The first-order valence-corrected chi connectivity index (χ1v) is 21.6. The van der Waals surface area contributed by atoms with Crippen molar-refractivity contribution < 1.29 is 47.9 Å². The molecule has 4 aliphatic rings. The monoisotopic (exact) mass is 818 g/mol. The molecule has 1 saturated heterocycles. The molecule has 2 N–H and O–H groups in total. The maximum absolute atomic E-state index is 14.7. The molecule has 11 nitrogen and oxygen atoms in total. The van der Waals surface area contributed by atoms with Crippen molar-refractivity contribution in [2.75, 3.05) is 39.6 Å². The van der Waals surface area contributed by atoms with E-state index in [4.69, 9.17) is 33.7 Å². The zero-order valence-electron chi connectivity index (χ0n) is 34.6. The Balaban J connectivity index is 1.55. The molecule has 2 heterocycles. The molecule has 322 valence electrons. The van der Waals surface area contributed by atoms with Gasteiger partial charge in [-0.2, -0.15) is 0 Å². The SMILES string of the molecule is C=CCCOC(=O)N(CCC)[C@H]1CC(=NOC2CCCCO2)C2=C[C@H](CCCCO)[C@@H](CCCCO)[C@@H]3c4cc(OCc5ccccc5F)ccc4O[C@@]1(OCC=C)[C@H]23. The number of fused-ring (bicyclic) bond motifs is 2. The van der Waals surface area contributed by atoms with Gasteiger partial charge in [0.1, 0.15) is 30.0 Å². The summed E-state index contributed by atoms with van der Waals surface area (Å²) in [6.07, 6.45) is 13.3. The smallest absolute Gasteiger partial charge is 0.410 e. The molecule has 0 aromatic heterocycles. The molecule has 1 saturated carbocycles. The largest absolute Gasteiger partial charge is 0.489 e. The number of rotatable bonds is 22. The predicted molar refractivity (Wildman–Crippen MR) is 224 cm³/mol. The van der Waals surface area contributed by atoms with Crippen molar-refractivity contribution >= 4 is 11.8 Å². The number of allylic oxidation sites excluding steroid dienone is 1. The van der Waals surface area contributed by atoms with E-state index in [9.17, 15) is 19.4 Å². The number of hydrogen-bond acceptors (Lipinski definition) is 10. The van der Waals surface area contributed by atoms with Crippen molar-refractivity contribution in [3.8, 4) is 11.5 Å². The second kappa shape index (κ2) is 21.9. The van der Waals surface area contributed by atoms with Crippen LogP contribution in [0.4, 0.5) is 9.18 Å². The van der Waals surface area contributed by atoms with E-state index in [0.717, 1.165) is 56.1 Å². The van der Waals surface area contributed by atoms with Gasteiger partial charge in [0.2, 0.25) is 12.1 Å². The van der Waals surface area contributed by atoms with Crippen LogP contribution in [0.1, 0.15) is 101 Å². The van der Waals surface area contributed by atoms with Gasteiger partial charge in [-0.1, -0.05) is 61.3 Å². The fraction of sp³-hybridized carbons (Fsp3) is 0.574. The van der Waals surface area contributed by atoms with E-state index in [-0.39, 0.29) is 63.0 Å². The summed E-state index contributed by atoms with van der Waals surface area (Å²) >= 11 is 0. The molecule has 6 rings (SSSR count). The summed E-state index contributed by atoms with van der Waals surface area (Å²) in [5.74, 6) is -1.21. The third-order valence-corrected chi connectivity index (χ3v) is 12.0. The van der Waals surface area contributed by atoms with Crippen LogP contribution in [0, 0.1) is 23.6 Å². The number of oxime groups is 1. The van der Waals surface area contributed by atoms with Gasteiger partial charge in [-0.25, -0.2) is 9.18 Å². The summed E-state index contributed by atoms with van der Waals surface area (Å²) in [7, 11) is 0. The number of amides is 1. The summed E-state index contributed by atoms with van der Waals surface area (Å²) in [6.45, 7) is 11.3. The van der Waals surface area contributed by atoms with Crippen molar-refractivity contribution in [2.45, 2.75) is 115 Å². The zero-order chi connectivity index (χ0) is 41.6. The van der Waals surface area contributed by atoms with Crippen LogP contribution in [0.2, 0.25) is 0 Å². The highest BCUT2D eigenvalue weighted by atomic mass is 19.1. The van der Waals surface area contributed by atoms with Crippen molar-refractivity contribution in [3.05, 3.63) is 96.4 Å². The van der Waals surface area contributed by atoms with E-state index in [1.54, 1.807) is 35.3 Å². The van der Waals surface area contributed by atoms with Crippen LogP contribution < -0.4 is 9.47 Å². The minimum atomic E-state index is -1.41. The quantitative estimate of drug-likeness (QED) is 0.0680. The normalized spacial score (nSPS) is 26.4. The Kier molecular flexibility index (Phi) is 16.4. The van der Waals surface area contributed by atoms with E-state index >= 15 is 0 Å². The van der Waals surface area contributed by atoms with Gasteiger partial charge in [0.25, 0.3) is 0 Å². The van der Waals surface area contributed by atoms with E-state index < -0.39 is 30.1 Å². The summed E-state index contributed by atoms with van der Waals surface area (Å²) in [5.41, 5.74) is 2.98. The first-order valence-electron chi connectivity index (χ1n) is 21.6. The molecule has 59 heavy (non-hydrogen) atoms. The number of unbranched alkanes of at least 4 members (excludes halogenated alkanes) is 2. The molecule has 0 radical (unpaired) electrons. The van der Waals surface area contributed by atoms with Crippen LogP contribution in [0.5, 0.6) is 11.5 Å². The molecule has 2 fully saturated rings. The Morgan fingerprint density at radius 3 is 2.61 bits per heavy atom. The van der Waals surface area contributed by atoms with Crippen LogP contribution in [-0.4, -0.2) is 84.6 Å². The number of hydrogen-bond donors (Lipinski definition) is 2. The Morgan fingerprint density at radius 2 is 1.88 bits per heavy atom. The van der Waals surface area contributed by atoms with Crippen LogP contribution in [-0.2, 0) is 25.7 Å². The lowest BCUT2D eigenvalue weighted by Gasteiger charge is -2.60. The van der Waals surface area contributed by atoms with E-state index in [2.05, 4.69) is 19.2 Å². The highest BCUT2D eigenvalue weighted by Crippen LogP contribution is 2.62. The number of aliphatic hydroxyl groups excluding tert-OH is 2. The number of benzene rings is 2. The summed E-state index contributed by atoms with van der Waals surface area (Å²) in [6, 6.07) is 11.6. The molecular weight excluding hydrogens is 756 g/mol. The van der Waals surface area contributed by atoms with Gasteiger partial charge in [0.05, 0.1) is 31.5 Å². The number of carbonyl (C=O) groups excluding carboxylic acids is 1. The number of nitrogens with zero attached hydrogens (tertiary/aromatic N) is 2. The fourth-order valence-corrected chi connectivity index (χ4v) is 9.36. The van der Waals surface area contributed by atoms with Crippen LogP contribution >= 0.6 is 0 Å². The Morgan fingerprint density at radius 1 is 1.07 bits per heavy atom. The molecular formula is C47H63FN2O9. The van der Waals surface area contributed by atoms with Gasteiger partial charge in [0, 0.05) is 49.6 Å². The summed E-state index contributed by atoms with van der Waals surface area (Å²) in [4.78, 5) is 22.2. The number of ether oxygens (including phenoxy) is 5. The van der Waals surface area contributed by atoms with Gasteiger partial charge in [-0.15, -0.1) is 13.2 Å². The van der Waals surface area contributed by atoms with Crippen LogP contribution in [0.25, 0.3) is 0 Å². The lowest BCUT2D eigenvalue weighted by Crippen LogP contribution is -2.70. The highest BCUT2D eigenvalue weighted by molar-refractivity contribution is 6.03. The molecule has 0 bridgehead atoms. The zero-order valence-corrected chi connectivity index (χ0v) is 34.6. The molecule has 2 aromatic carbocycles. The minimum Gasteiger partial charge on any atom is -0.489 e. The van der Waals surface area contributed by atoms with Gasteiger partial charge >= 0.3 is 6.09 Å². The molecule has 1 amide bonds. The minimum absolute atomic E-state index is 0.0342. The van der Waals surface area contributed by atoms with Crippen molar-refractivity contribution in [1.82, 2.24) is 4.90 Å². The second-order valence-electron chi connectivity index (χ2n) is 15.9. The van der Waals surface area contributed by atoms with Crippen molar-refractivity contribution in [3.63, 3.8) is 0 Å². The predicted octanol–water partition coefficient (Wildman–Crippen LogP) is 8.99. The summed E-state index contributed by atoms with van der Waals surface area (Å²) in [5, 5.41) is 24.7.